The zero-order chi connectivity index (χ0) is 18.5. The second-order valence-electron chi connectivity index (χ2n) is 5.22. The molecule has 0 saturated heterocycles. The molecule has 0 unspecified atom stereocenters. The largest absolute Gasteiger partial charge is 0.423 e. The number of ether oxygens (including phenoxy) is 1. The lowest BCUT2D eigenvalue weighted by Crippen LogP contribution is -2.06. The fourth-order valence-corrected chi connectivity index (χ4v) is 2.55. The molecule has 0 saturated carbocycles. The normalized spacial score (nSPS) is 11.4. The first-order chi connectivity index (χ1) is 12.6. The molecule has 3 rings (SSSR count). The molecule has 2 heterocycles. The molecule has 2 aromatic heterocycles. The van der Waals surface area contributed by atoms with Crippen molar-refractivity contribution in [3.05, 3.63) is 71.5 Å². The topological polar surface area (TPSA) is 80.8 Å². The highest BCUT2D eigenvalue weighted by Crippen LogP contribution is 2.29. The van der Waals surface area contributed by atoms with Crippen LogP contribution < -0.4 is 0 Å². The third kappa shape index (κ3) is 3.63. The van der Waals surface area contributed by atoms with Gasteiger partial charge in [0, 0.05) is 24.9 Å². The molecule has 0 bridgehead atoms. The fraction of sp³-hybridized carbons (Fsp3) is 0.0526. The Morgan fingerprint density at radius 2 is 1.92 bits per heavy atom. The van der Waals surface area contributed by atoms with Crippen molar-refractivity contribution in [3.8, 4) is 17.5 Å². The van der Waals surface area contributed by atoms with Crippen LogP contribution in [-0.2, 0) is 9.53 Å². The summed E-state index contributed by atoms with van der Waals surface area (Å²) < 4.78 is 6.64. The van der Waals surface area contributed by atoms with Crippen LogP contribution in [-0.4, -0.2) is 20.7 Å². The molecule has 3 aromatic rings. The number of aromatic nitrogens is 3. The summed E-state index contributed by atoms with van der Waals surface area (Å²) in [5, 5.41) is 14.4. The Morgan fingerprint density at radius 1 is 1.15 bits per heavy atom. The number of pyridine rings is 1. The highest BCUT2D eigenvalue weighted by molar-refractivity contribution is 6.32. The van der Waals surface area contributed by atoms with E-state index in [0.29, 0.717) is 22.0 Å². The minimum absolute atomic E-state index is 0.0375. The number of carbonyl (C=O) groups excluding carboxylic acids is 1. The Kier molecular flexibility index (Phi) is 5.11. The SMILES string of the molecule is CC(=O)OC(=C(C#N)n1ccc(-c2ccccn2)n1)c1ccccc1Cl. The monoisotopic (exact) mass is 364 g/mol. The van der Waals surface area contributed by atoms with Gasteiger partial charge in [-0.15, -0.1) is 0 Å². The Morgan fingerprint density at radius 3 is 2.58 bits per heavy atom. The molecule has 26 heavy (non-hydrogen) atoms. The van der Waals surface area contributed by atoms with Crippen LogP contribution in [0, 0.1) is 11.3 Å². The van der Waals surface area contributed by atoms with Crippen molar-refractivity contribution in [2.45, 2.75) is 6.92 Å². The van der Waals surface area contributed by atoms with Gasteiger partial charge in [-0.25, -0.2) is 4.68 Å². The Labute approximate surface area is 154 Å². The molecule has 1 aromatic carbocycles. The number of hydrogen-bond donors (Lipinski definition) is 0. The molecule has 0 N–H and O–H groups in total. The quantitative estimate of drug-likeness (QED) is 0.397. The van der Waals surface area contributed by atoms with Gasteiger partial charge in [0.05, 0.1) is 10.7 Å². The first kappa shape index (κ1) is 17.4. The lowest BCUT2D eigenvalue weighted by atomic mass is 10.1. The number of nitrogens with zero attached hydrogens (tertiary/aromatic N) is 4. The maximum absolute atomic E-state index is 11.6. The molecule has 0 aliphatic heterocycles. The third-order valence-electron chi connectivity index (χ3n) is 3.43. The van der Waals surface area contributed by atoms with Gasteiger partial charge in [-0.2, -0.15) is 10.4 Å². The summed E-state index contributed by atoms with van der Waals surface area (Å²) in [6.45, 7) is 1.26. The Balaban J connectivity index is 2.14. The van der Waals surface area contributed by atoms with E-state index in [1.807, 2.05) is 18.2 Å². The van der Waals surface area contributed by atoms with E-state index >= 15 is 0 Å². The first-order valence-electron chi connectivity index (χ1n) is 7.65. The molecule has 0 radical (unpaired) electrons. The first-order valence-corrected chi connectivity index (χ1v) is 8.03. The van der Waals surface area contributed by atoms with Crippen LogP contribution in [0.4, 0.5) is 0 Å². The molecule has 0 fully saturated rings. The number of hydrogen-bond acceptors (Lipinski definition) is 5. The van der Waals surface area contributed by atoms with Crippen LogP contribution in [0.5, 0.6) is 0 Å². The maximum Gasteiger partial charge on any atom is 0.308 e. The van der Waals surface area contributed by atoms with Crippen LogP contribution in [0.1, 0.15) is 12.5 Å². The molecule has 0 amide bonds. The van der Waals surface area contributed by atoms with Gasteiger partial charge >= 0.3 is 5.97 Å². The molecular weight excluding hydrogens is 352 g/mol. The fourth-order valence-electron chi connectivity index (χ4n) is 2.33. The number of benzene rings is 1. The van der Waals surface area contributed by atoms with E-state index in [2.05, 4.69) is 10.1 Å². The Bertz CT molecular complexity index is 1020. The van der Waals surface area contributed by atoms with Crippen molar-refractivity contribution >= 4 is 29.0 Å². The zero-order valence-corrected chi connectivity index (χ0v) is 14.5. The smallest absolute Gasteiger partial charge is 0.308 e. The summed E-state index contributed by atoms with van der Waals surface area (Å²) in [5.41, 5.74) is 1.71. The summed E-state index contributed by atoms with van der Waals surface area (Å²) >= 11 is 6.22. The van der Waals surface area contributed by atoms with E-state index in [4.69, 9.17) is 16.3 Å². The van der Waals surface area contributed by atoms with Crippen molar-refractivity contribution in [3.63, 3.8) is 0 Å². The molecule has 7 heteroatoms. The van der Waals surface area contributed by atoms with Gasteiger partial charge in [-0.05, 0) is 30.3 Å². The summed E-state index contributed by atoms with van der Waals surface area (Å²) in [7, 11) is 0. The standard InChI is InChI=1S/C19H13ClN4O2/c1-13(25)26-19(14-6-2-3-7-15(14)20)18(12-21)24-11-9-17(23-24)16-8-4-5-10-22-16/h2-11H,1H3. The predicted octanol–water partition coefficient (Wildman–Crippen LogP) is 4.01. The average Bonchev–Trinajstić information content (AvgIpc) is 3.12. The van der Waals surface area contributed by atoms with Gasteiger partial charge in [-0.1, -0.05) is 29.8 Å². The van der Waals surface area contributed by atoms with Crippen LogP contribution in [0.3, 0.4) is 0 Å². The van der Waals surface area contributed by atoms with E-state index in [9.17, 15) is 10.1 Å². The van der Waals surface area contributed by atoms with Gasteiger partial charge in [0.2, 0.25) is 0 Å². The number of nitriles is 1. The van der Waals surface area contributed by atoms with E-state index in [-0.39, 0.29) is 11.5 Å². The van der Waals surface area contributed by atoms with E-state index < -0.39 is 5.97 Å². The van der Waals surface area contributed by atoms with E-state index in [1.54, 1.807) is 48.8 Å². The van der Waals surface area contributed by atoms with Crippen LogP contribution in [0.2, 0.25) is 5.02 Å². The minimum atomic E-state index is -0.565. The molecular formula is C19H13ClN4O2. The second kappa shape index (κ2) is 7.64. The van der Waals surface area contributed by atoms with Gasteiger partial charge in [-0.3, -0.25) is 9.78 Å². The summed E-state index contributed by atoms with van der Waals surface area (Å²) in [6, 6.07) is 16.0. The van der Waals surface area contributed by atoms with Crippen molar-refractivity contribution < 1.29 is 9.53 Å². The molecule has 0 spiro atoms. The maximum atomic E-state index is 11.6. The van der Waals surface area contributed by atoms with Gasteiger partial charge in [0.1, 0.15) is 11.8 Å². The van der Waals surface area contributed by atoms with Crippen molar-refractivity contribution in [1.29, 1.82) is 5.26 Å². The van der Waals surface area contributed by atoms with E-state index in [1.165, 1.54) is 11.6 Å². The number of esters is 1. The third-order valence-corrected chi connectivity index (χ3v) is 3.76. The lowest BCUT2D eigenvalue weighted by molar-refractivity contribution is -0.134. The molecule has 6 nitrogen and oxygen atoms in total. The van der Waals surface area contributed by atoms with E-state index in [0.717, 1.165) is 0 Å². The molecule has 0 aliphatic rings. The molecule has 0 atom stereocenters. The van der Waals surface area contributed by atoms with Crippen LogP contribution >= 0.6 is 11.6 Å². The molecule has 0 aliphatic carbocycles. The number of allylic oxidation sites excluding steroid dienone is 1. The van der Waals surface area contributed by atoms with Crippen LogP contribution in [0.15, 0.2) is 60.9 Å². The highest BCUT2D eigenvalue weighted by Gasteiger charge is 2.19. The van der Waals surface area contributed by atoms with Gasteiger partial charge in [0.25, 0.3) is 0 Å². The zero-order valence-electron chi connectivity index (χ0n) is 13.8. The number of carbonyl (C=O) groups is 1. The summed E-state index contributed by atoms with van der Waals surface area (Å²) in [4.78, 5) is 15.8. The summed E-state index contributed by atoms with van der Waals surface area (Å²) in [5.74, 6) is -0.522. The second-order valence-corrected chi connectivity index (χ2v) is 5.63. The van der Waals surface area contributed by atoms with Gasteiger partial charge < -0.3 is 4.74 Å². The summed E-state index contributed by atoms with van der Waals surface area (Å²) in [6.07, 6.45) is 3.26. The van der Waals surface area contributed by atoms with Crippen molar-refractivity contribution in [1.82, 2.24) is 14.8 Å². The van der Waals surface area contributed by atoms with Crippen LogP contribution in [0.25, 0.3) is 22.8 Å². The lowest BCUT2D eigenvalue weighted by Gasteiger charge is -2.11. The highest BCUT2D eigenvalue weighted by atomic mass is 35.5. The number of rotatable bonds is 4. The Hall–Kier alpha value is -3.43. The van der Waals surface area contributed by atoms with Crippen molar-refractivity contribution in [2.75, 3.05) is 0 Å². The minimum Gasteiger partial charge on any atom is -0.423 e. The van der Waals surface area contributed by atoms with Gasteiger partial charge in [0.15, 0.2) is 11.5 Å². The van der Waals surface area contributed by atoms with Crippen molar-refractivity contribution in [2.24, 2.45) is 0 Å². The molecule has 128 valence electrons. The average molecular weight is 365 g/mol. The number of halogens is 1. The predicted molar refractivity (Wildman–Crippen MR) is 97.4 cm³/mol.